The van der Waals surface area contributed by atoms with Crippen LogP contribution in [0.2, 0.25) is 0 Å². The quantitative estimate of drug-likeness (QED) is 0.635. The van der Waals surface area contributed by atoms with Crippen molar-refractivity contribution in [2.24, 2.45) is 0 Å². The van der Waals surface area contributed by atoms with Crippen LogP contribution < -0.4 is 4.89 Å². The van der Waals surface area contributed by atoms with E-state index < -0.39 is 10.0 Å². The summed E-state index contributed by atoms with van der Waals surface area (Å²) in [6.07, 6.45) is 0. The van der Waals surface area contributed by atoms with Crippen LogP contribution in [0.5, 0.6) is 0 Å². The molecule has 1 N–H and O–H groups in total. The van der Waals surface area contributed by atoms with Crippen LogP contribution in [0.15, 0.2) is 33.6 Å². The van der Waals surface area contributed by atoms with E-state index in [0.717, 1.165) is 0 Å². The molecule has 0 atom stereocenters. The summed E-state index contributed by atoms with van der Waals surface area (Å²) in [5.41, 5.74) is 0. The first-order valence-corrected chi connectivity index (χ1v) is 6.72. The molecule has 0 amide bonds. The van der Waals surface area contributed by atoms with Crippen molar-refractivity contribution in [1.82, 2.24) is 4.89 Å². The molecule has 0 saturated carbocycles. The van der Waals surface area contributed by atoms with E-state index in [1.165, 1.54) is 19.2 Å². The van der Waals surface area contributed by atoms with Crippen LogP contribution in [0.1, 0.15) is 0 Å². The summed E-state index contributed by atoms with van der Waals surface area (Å²) >= 11 is 3.19. The average molecular weight is 310 g/mol. The lowest BCUT2D eigenvalue weighted by Gasteiger charge is -2.06. The van der Waals surface area contributed by atoms with Gasteiger partial charge in [0.2, 0.25) is 0 Å². The van der Waals surface area contributed by atoms with Crippen LogP contribution in [0.25, 0.3) is 0 Å². The Morgan fingerprint density at radius 1 is 1.38 bits per heavy atom. The van der Waals surface area contributed by atoms with Crippen molar-refractivity contribution in [3.8, 4) is 0 Å². The van der Waals surface area contributed by atoms with E-state index in [2.05, 4.69) is 15.9 Å². The molecule has 0 aromatic heterocycles. The molecule has 0 aliphatic rings. The Hall–Kier alpha value is -0.470. The Balaban J connectivity index is 2.64. The average Bonchev–Trinajstić information content (AvgIpc) is 2.24. The molecular weight excluding hydrogens is 298 g/mol. The van der Waals surface area contributed by atoms with Gasteiger partial charge in [0.25, 0.3) is 10.0 Å². The largest absolute Gasteiger partial charge is 0.382 e. The number of ether oxygens (including phenoxy) is 1. The maximum atomic E-state index is 11.6. The van der Waals surface area contributed by atoms with Crippen molar-refractivity contribution in [3.63, 3.8) is 0 Å². The summed E-state index contributed by atoms with van der Waals surface area (Å²) in [5, 5.41) is 0. The Morgan fingerprint density at radius 3 is 2.75 bits per heavy atom. The van der Waals surface area contributed by atoms with E-state index >= 15 is 0 Å². The molecule has 0 fully saturated rings. The first-order valence-electron chi connectivity index (χ1n) is 4.44. The van der Waals surface area contributed by atoms with E-state index in [1.54, 1.807) is 12.1 Å². The molecule has 0 aliphatic carbocycles. The highest BCUT2D eigenvalue weighted by Crippen LogP contribution is 2.15. The molecule has 0 radical (unpaired) electrons. The van der Waals surface area contributed by atoms with Gasteiger partial charge in [-0.25, -0.2) is 8.42 Å². The van der Waals surface area contributed by atoms with E-state index in [0.29, 0.717) is 11.1 Å². The molecule has 0 unspecified atom stereocenters. The molecule has 1 aromatic rings. The fourth-order valence-corrected chi connectivity index (χ4v) is 2.35. The fraction of sp³-hybridized carbons (Fsp3) is 0.333. The van der Waals surface area contributed by atoms with E-state index in [-0.39, 0.29) is 11.5 Å². The molecular formula is C9H12BrNO4S. The molecule has 5 nitrogen and oxygen atoms in total. The third-order valence-corrected chi connectivity index (χ3v) is 3.37. The van der Waals surface area contributed by atoms with Gasteiger partial charge in [-0.3, -0.25) is 4.84 Å². The molecule has 7 heteroatoms. The third kappa shape index (κ3) is 4.18. The van der Waals surface area contributed by atoms with Crippen molar-refractivity contribution in [1.29, 1.82) is 0 Å². The Kier molecular flexibility index (Phi) is 5.36. The van der Waals surface area contributed by atoms with Gasteiger partial charge in [0.1, 0.15) is 0 Å². The number of methoxy groups -OCH3 is 1. The number of hydrogen-bond acceptors (Lipinski definition) is 4. The molecule has 1 rings (SSSR count). The molecule has 0 heterocycles. The van der Waals surface area contributed by atoms with Crippen molar-refractivity contribution in [2.45, 2.75) is 4.90 Å². The molecule has 0 bridgehead atoms. The van der Waals surface area contributed by atoms with E-state index in [4.69, 9.17) is 9.57 Å². The summed E-state index contributed by atoms with van der Waals surface area (Å²) in [7, 11) is -2.11. The third-order valence-electron chi connectivity index (χ3n) is 1.66. The second-order valence-corrected chi connectivity index (χ2v) is 5.45. The predicted molar refractivity (Wildman–Crippen MR) is 62.3 cm³/mol. The van der Waals surface area contributed by atoms with Crippen molar-refractivity contribution < 1.29 is 18.0 Å². The molecule has 1 aromatic carbocycles. The maximum absolute atomic E-state index is 11.6. The number of benzene rings is 1. The lowest BCUT2D eigenvalue weighted by molar-refractivity contribution is 0.0438. The van der Waals surface area contributed by atoms with E-state index in [1.807, 2.05) is 4.89 Å². The highest BCUT2D eigenvalue weighted by atomic mass is 79.9. The normalized spacial score (nSPS) is 11.6. The summed E-state index contributed by atoms with van der Waals surface area (Å²) in [6.45, 7) is 0.477. The highest BCUT2D eigenvalue weighted by molar-refractivity contribution is 9.10. The van der Waals surface area contributed by atoms with Crippen molar-refractivity contribution in [3.05, 3.63) is 28.7 Å². The summed E-state index contributed by atoms with van der Waals surface area (Å²) in [5.74, 6) is 0. The SMILES string of the molecule is COCCONS(=O)(=O)c1cccc(Br)c1. The van der Waals surface area contributed by atoms with Gasteiger partial charge in [-0.1, -0.05) is 26.9 Å². The first kappa shape index (κ1) is 13.6. The molecule has 0 saturated heterocycles. The highest BCUT2D eigenvalue weighted by Gasteiger charge is 2.13. The topological polar surface area (TPSA) is 64.6 Å². The summed E-state index contributed by atoms with van der Waals surface area (Å²) in [4.78, 5) is 6.90. The second-order valence-electron chi connectivity index (χ2n) is 2.89. The zero-order chi connectivity index (χ0) is 12.0. The number of rotatable bonds is 6. The van der Waals surface area contributed by atoms with Gasteiger partial charge in [0.15, 0.2) is 0 Å². The zero-order valence-corrected chi connectivity index (χ0v) is 11.0. The lowest BCUT2D eigenvalue weighted by atomic mass is 10.4. The monoisotopic (exact) mass is 309 g/mol. The van der Waals surface area contributed by atoms with Gasteiger partial charge in [-0.15, -0.1) is 0 Å². The number of sulfonamides is 1. The van der Waals surface area contributed by atoms with Crippen LogP contribution in [0, 0.1) is 0 Å². The Morgan fingerprint density at radius 2 is 2.12 bits per heavy atom. The molecule has 16 heavy (non-hydrogen) atoms. The van der Waals surface area contributed by atoms with Gasteiger partial charge >= 0.3 is 0 Å². The molecule has 90 valence electrons. The van der Waals surface area contributed by atoms with Gasteiger partial charge in [0, 0.05) is 11.6 Å². The van der Waals surface area contributed by atoms with Crippen LogP contribution in [-0.2, 0) is 19.6 Å². The summed E-state index contributed by atoms with van der Waals surface area (Å²) in [6, 6.07) is 6.34. The van der Waals surface area contributed by atoms with Gasteiger partial charge in [-0.05, 0) is 18.2 Å². The maximum Gasteiger partial charge on any atom is 0.262 e. The van der Waals surface area contributed by atoms with Gasteiger partial charge in [0.05, 0.1) is 18.1 Å². The second kappa shape index (κ2) is 6.31. The van der Waals surface area contributed by atoms with Crippen molar-refractivity contribution >= 4 is 26.0 Å². The zero-order valence-electron chi connectivity index (χ0n) is 8.64. The van der Waals surface area contributed by atoms with Crippen LogP contribution >= 0.6 is 15.9 Å². The van der Waals surface area contributed by atoms with Crippen LogP contribution in [0.4, 0.5) is 0 Å². The fourth-order valence-electron chi connectivity index (χ4n) is 0.927. The first-order chi connectivity index (χ1) is 7.56. The molecule has 0 aliphatic heterocycles. The number of hydrogen-bond donors (Lipinski definition) is 1. The van der Waals surface area contributed by atoms with Crippen LogP contribution in [-0.4, -0.2) is 28.7 Å². The summed E-state index contributed by atoms with van der Waals surface area (Å²) < 4.78 is 28.7. The minimum absolute atomic E-state index is 0.138. The standard InChI is InChI=1S/C9H12BrNO4S/c1-14-5-6-15-11-16(12,13)9-4-2-3-8(10)7-9/h2-4,7,11H,5-6H2,1H3. The Labute approximate surface area is 103 Å². The minimum Gasteiger partial charge on any atom is -0.382 e. The minimum atomic E-state index is -3.62. The smallest absolute Gasteiger partial charge is 0.262 e. The predicted octanol–water partition coefficient (Wildman–Crippen LogP) is 1.31. The number of halogens is 1. The van der Waals surface area contributed by atoms with Gasteiger partial charge < -0.3 is 4.74 Å². The number of nitrogens with one attached hydrogen (secondary N) is 1. The van der Waals surface area contributed by atoms with Crippen molar-refractivity contribution in [2.75, 3.05) is 20.3 Å². The van der Waals surface area contributed by atoms with E-state index in [9.17, 15) is 8.42 Å². The molecule has 0 spiro atoms. The van der Waals surface area contributed by atoms with Crippen LogP contribution in [0.3, 0.4) is 0 Å². The lowest BCUT2D eigenvalue weighted by Crippen LogP contribution is -2.25. The Bertz CT molecular complexity index is 435. The van der Waals surface area contributed by atoms with Gasteiger partial charge in [-0.2, -0.15) is 0 Å².